The van der Waals surface area contributed by atoms with Crippen molar-refractivity contribution >= 4 is 57.8 Å². The van der Waals surface area contributed by atoms with Gasteiger partial charge in [-0.1, -0.05) is 47.9 Å². The topological polar surface area (TPSA) is 119 Å². The summed E-state index contributed by atoms with van der Waals surface area (Å²) in [6.07, 6.45) is 1.68. The van der Waals surface area contributed by atoms with E-state index in [4.69, 9.17) is 22.1 Å². The normalized spacial score (nSPS) is 14.7. The molecule has 1 fully saturated rings. The molecule has 1 aliphatic heterocycles. The highest BCUT2D eigenvalue weighted by Crippen LogP contribution is 2.33. The van der Waals surface area contributed by atoms with Gasteiger partial charge in [0, 0.05) is 18.7 Å². The molecule has 2 amide bonds. The minimum absolute atomic E-state index is 0.0513. The minimum atomic E-state index is -1.37. The van der Waals surface area contributed by atoms with Crippen LogP contribution in [0.4, 0.5) is 5.69 Å². The SMILES string of the molecule is CCOc1ccc(C=C2SC(=S)N(CCC(=O)Nc3ccc([O-])c(C(=O)O)c3)C2=O)cc1. The number of nitrogens with one attached hydrogen (secondary N) is 1. The van der Waals surface area contributed by atoms with Crippen LogP contribution in [-0.4, -0.2) is 45.3 Å². The van der Waals surface area contributed by atoms with E-state index in [1.165, 1.54) is 11.0 Å². The van der Waals surface area contributed by atoms with Crippen molar-refractivity contribution in [3.05, 3.63) is 58.5 Å². The van der Waals surface area contributed by atoms with Gasteiger partial charge in [-0.3, -0.25) is 14.5 Å². The number of carbonyl (C=O) groups is 3. The molecule has 0 unspecified atom stereocenters. The van der Waals surface area contributed by atoms with Crippen molar-refractivity contribution in [2.45, 2.75) is 13.3 Å². The largest absolute Gasteiger partial charge is 0.872 e. The van der Waals surface area contributed by atoms with E-state index in [0.717, 1.165) is 35.2 Å². The molecule has 0 bridgehead atoms. The summed E-state index contributed by atoms with van der Waals surface area (Å²) >= 11 is 6.44. The highest BCUT2D eigenvalue weighted by molar-refractivity contribution is 8.26. The smallest absolute Gasteiger partial charge is 0.335 e. The Balaban J connectivity index is 1.60. The molecule has 10 heteroatoms. The second kappa shape index (κ2) is 10.3. The molecule has 0 spiro atoms. The first kappa shape index (κ1) is 23.3. The van der Waals surface area contributed by atoms with E-state index in [-0.39, 0.29) is 24.6 Å². The first-order chi connectivity index (χ1) is 15.3. The number of amides is 2. The third-order valence-corrected chi connectivity index (χ3v) is 5.80. The Kier molecular flexibility index (Phi) is 7.49. The Morgan fingerprint density at radius 2 is 1.97 bits per heavy atom. The van der Waals surface area contributed by atoms with Crippen LogP contribution in [0.1, 0.15) is 29.3 Å². The zero-order chi connectivity index (χ0) is 23.3. The number of carboxylic acids is 1. The van der Waals surface area contributed by atoms with Crippen LogP contribution in [0.25, 0.3) is 6.08 Å². The Morgan fingerprint density at radius 1 is 1.25 bits per heavy atom. The predicted octanol–water partition coefficient (Wildman–Crippen LogP) is 3.09. The lowest BCUT2D eigenvalue weighted by molar-refractivity contribution is -0.268. The van der Waals surface area contributed by atoms with E-state index in [9.17, 15) is 19.5 Å². The van der Waals surface area contributed by atoms with Gasteiger partial charge in [-0.2, -0.15) is 0 Å². The maximum atomic E-state index is 12.7. The first-order valence-electron chi connectivity index (χ1n) is 9.61. The fourth-order valence-electron chi connectivity index (χ4n) is 2.88. The van der Waals surface area contributed by atoms with Crippen LogP contribution in [0.2, 0.25) is 0 Å². The van der Waals surface area contributed by atoms with Crippen molar-refractivity contribution in [3.63, 3.8) is 0 Å². The fourth-order valence-corrected chi connectivity index (χ4v) is 4.19. The van der Waals surface area contributed by atoms with Gasteiger partial charge in [-0.25, -0.2) is 4.79 Å². The van der Waals surface area contributed by atoms with E-state index >= 15 is 0 Å². The zero-order valence-corrected chi connectivity index (χ0v) is 18.6. The molecule has 166 valence electrons. The molecule has 8 nitrogen and oxygen atoms in total. The number of ether oxygens (including phenoxy) is 1. The number of aromatic carboxylic acids is 1. The molecule has 1 saturated heterocycles. The number of anilines is 1. The number of hydrogen-bond donors (Lipinski definition) is 2. The monoisotopic (exact) mass is 471 g/mol. The van der Waals surface area contributed by atoms with Crippen molar-refractivity contribution in [2.75, 3.05) is 18.5 Å². The molecule has 1 heterocycles. The van der Waals surface area contributed by atoms with Crippen molar-refractivity contribution in [2.24, 2.45) is 0 Å². The molecule has 2 N–H and O–H groups in total. The van der Waals surface area contributed by atoms with Crippen LogP contribution in [-0.2, 0) is 9.59 Å². The van der Waals surface area contributed by atoms with Gasteiger partial charge in [0.05, 0.1) is 17.1 Å². The highest BCUT2D eigenvalue weighted by atomic mass is 32.2. The molecule has 0 aliphatic carbocycles. The van der Waals surface area contributed by atoms with Crippen LogP contribution in [0.5, 0.6) is 11.5 Å². The van der Waals surface area contributed by atoms with E-state index in [1.807, 2.05) is 31.2 Å². The Bertz CT molecular complexity index is 1100. The van der Waals surface area contributed by atoms with Crippen molar-refractivity contribution in [3.8, 4) is 11.5 Å². The Morgan fingerprint density at radius 3 is 2.62 bits per heavy atom. The molecule has 3 rings (SSSR count). The molecule has 0 aromatic heterocycles. The van der Waals surface area contributed by atoms with Crippen molar-refractivity contribution < 1.29 is 29.3 Å². The summed E-state index contributed by atoms with van der Waals surface area (Å²) in [5.41, 5.74) is 0.578. The van der Waals surface area contributed by atoms with Gasteiger partial charge in [-0.15, -0.1) is 0 Å². The molecular formula is C22H19N2O6S2-. The van der Waals surface area contributed by atoms with E-state index in [0.29, 0.717) is 15.8 Å². The average molecular weight is 472 g/mol. The number of nitrogens with zero attached hydrogens (tertiary/aromatic N) is 1. The summed E-state index contributed by atoms with van der Waals surface area (Å²) < 4.78 is 5.75. The minimum Gasteiger partial charge on any atom is -0.872 e. The van der Waals surface area contributed by atoms with E-state index in [1.54, 1.807) is 6.08 Å². The summed E-state index contributed by atoms with van der Waals surface area (Å²) in [5, 5.41) is 23.1. The Labute approximate surface area is 193 Å². The van der Waals surface area contributed by atoms with Gasteiger partial charge in [0.2, 0.25) is 5.91 Å². The maximum Gasteiger partial charge on any atom is 0.335 e. The van der Waals surface area contributed by atoms with Gasteiger partial charge in [0.1, 0.15) is 10.1 Å². The second-order valence-electron chi connectivity index (χ2n) is 6.65. The number of thiocarbonyl (C=S) groups is 1. The third-order valence-electron chi connectivity index (χ3n) is 4.42. The van der Waals surface area contributed by atoms with Gasteiger partial charge in [-0.05, 0) is 42.8 Å². The fraction of sp³-hybridized carbons (Fsp3) is 0.182. The van der Waals surface area contributed by atoms with Crippen molar-refractivity contribution in [1.82, 2.24) is 4.90 Å². The summed E-state index contributed by atoms with van der Waals surface area (Å²) in [4.78, 5) is 37.8. The number of hydrogen-bond acceptors (Lipinski definition) is 7. The standard InChI is InChI=1S/C22H20N2O6S2/c1-2-30-15-6-3-13(4-7-15)11-18-20(27)24(22(31)32-18)10-9-19(26)23-14-5-8-17(25)16(12-14)21(28)29/h3-8,11-12,25H,2,9-10H2,1H3,(H,23,26)(H,28,29)/p-1. The Hall–Kier alpha value is -3.37. The number of rotatable bonds is 8. The summed E-state index contributed by atoms with van der Waals surface area (Å²) in [7, 11) is 0. The van der Waals surface area contributed by atoms with Gasteiger partial charge in [0.15, 0.2) is 0 Å². The van der Waals surface area contributed by atoms with Crippen LogP contribution < -0.4 is 15.2 Å². The van der Waals surface area contributed by atoms with E-state index in [2.05, 4.69) is 5.32 Å². The molecule has 0 radical (unpaired) electrons. The molecule has 0 saturated carbocycles. The highest BCUT2D eigenvalue weighted by Gasteiger charge is 2.32. The molecule has 1 aliphatic rings. The number of thioether (sulfide) groups is 1. The average Bonchev–Trinajstić information content (AvgIpc) is 3.02. The summed E-state index contributed by atoms with van der Waals surface area (Å²) in [5.74, 6) is -2.01. The third kappa shape index (κ3) is 5.65. The molecule has 0 atom stereocenters. The van der Waals surface area contributed by atoms with Crippen LogP contribution >= 0.6 is 24.0 Å². The number of carboxylic acid groups (broad SMARTS) is 1. The molecular weight excluding hydrogens is 452 g/mol. The van der Waals surface area contributed by atoms with Gasteiger partial charge < -0.3 is 20.3 Å². The van der Waals surface area contributed by atoms with Gasteiger partial charge in [0.25, 0.3) is 5.91 Å². The summed E-state index contributed by atoms with van der Waals surface area (Å²) in [6, 6.07) is 10.8. The van der Waals surface area contributed by atoms with Gasteiger partial charge >= 0.3 is 5.97 Å². The number of carbonyl (C=O) groups excluding carboxylic acids is 2. The lowest BCUT2D eigenvalue weighted by Crippen LogP contribution is -2.31. The first-order valence-corrected chi connectivity index (χ1v) is 10.8. The van der Waals surface area contributed by atoms with E-state index < -0.39 is 23.2 Å². The lowest BCUT2D eigenvalue weighted by atomic mass is 10.1. The predicted molar refractivity (Wildman–Crippen MR) is 124 cm³/mol. The quantitative estimate of drug-likeness (QED) is 0.445. The zero-order valence-electron chi connectivity index (χ0n) is 17.0. The summed E-state index contributed by atoms with van der Waals surface area (Å²) in [6.45, 7) is 2.54. The van der Waals surface area contributed by atoms with Crippen LogP contribution in [0.15, 0.2) is 47.4 Å². The molecule has 2 aromatic carbocycles. The molecule has 32 heavy (non-hydrogen) atoms. The molecule has 2 aromatic rings. The second-order valence-corrected chi connectivity index (χ2v) is 8.33. The lowest BCUT2D eigenvalue weighted by Gasteiger charge is -2.15. The number of benzene rings is 2. The van der Waals surface area contributed by atoms with Crippen LogP contribution in [0, 0.1) is 0 Å². The van der Waals surface area contributed by atoms with Crippen molar-refractivity contribution in [1.29, 1.82) is 0 Å². The van der Waals surface area contributed by atoms with Crippen LogP contribution in [0.3, 0.4) is 0 Å². The maximum absolute atomic E-state index is 12.7.